The molecule has 1 aliphatic rings. The number of rotatable bonds is 10. The van der Waals surface area contributed by atoms with Gasteiger partial charge < -0.3 is 20.8 Å². The zero-order chi connectivity index (χ0) is 31.0. The number of alkyl halides is 3. The van der Waals surface area contributed by atoms with Crippen LogP contribution in [0.3, 0.4) is 0 Å². The van der Waals surface area contributed by atoms with Gasteiger partial charge in [0.2, 0.25) is 0 Å². The Bertz CT molecular complexity index is 1460. The number of hydrogen-bond donors (Lipinski definition) is 4. The fraction of sp³-hybridized carbons (Fsp3) is 0.258. The molecule has 3 amide bonds. The molecule has 0 aromatic heterocycles. The summed E-state index contributed by atoms with van der Waals surface area (Å²) in [4.78, 5) is 38.1. The number of carbonyl (C=O) groups excluding carboxylic acids is 2. The van der Waals surface area contributed by atoms with E-state index in [-0.39, 0.29) is 28.8 Å². The maximum Gasteiger partial charge on any atom is 0.446 e. The van der Waals surface area contributed by atoms with Crippen molar-refractivity contribution in [1.29, 1.82) is 0 Å². The number of halogens is 3. The summed E-state index contributed by atoms with van der Waals surface area (Å²) in [5, 5.41) is 23.2. The van der Waals surface area contributed by atoms with Gasteiger partial charge in [0, 0.05) is 21.8 Å². The predicted octanol–water partition coefficient (Wildman–Crippen LogP) is 6.67. The van der Waals surface area contributed by atoms with Crippen molar-refractivity contribution >= 4 is 46.6 Å². The summed E-state index contributed by atoms with van der Waals surface area (Å²) in [5.41, 5.74) is -0.266. The van der Waals surface area contributed by atoms with Crippen LogP contribution in [-0.4, -0.2) is 46.3 Å². The third-order valence-corrected chi connectivity index (χ3v) is 7.46. The lowest BCUT2D eigenvalue weighted by atomic mass is 9.93. The number of aliphatic hydroxyl groups is 1. The van der Waals surface area contributed by atoms with Crippen LogP contribution in [0.4, 0.5) is 29.3 Å². The van der Waals surface area contributed by atoms with E-state index in [1.165, 1.54) is 46.9 Å². The number of aliphatic carboxylic acids is 1. The minimum absolute atomic E-state index is 0.00319. The van der Waals surface area contributed by atoms with E-state index in [1.807, 2.05) is 24.3 Å². The van der Waals surface area contributed by atoms with E-state index in [1.54, 1.807) is 12.1 Å². The van der Waals surface area contributed by atoms with Gasteiger partial charge in [0.15, 0.2) is 6.10 Å². The van der Waals surface area contributed by atoms with Gasteiger partial charge in [0.25, 0.3) is 5.91 Å². The SMILES string of the molecule is O=C(NC[C@@H](O)C(=O)O)c1ccc(CN(C(=O)Nc2ccc(SC(F)(F)F)cc2)c2ccc(C3=CCCCC3)cc2)cc1. The van der Waals surface area contributed by atoms with Crippen LogP contribution in [-0.2, 0) is 11.3 Å². The highest BCUT2D eigenvalue weighted by Crippen LogP contribution is 2.37. The van der Waals surface area contributed by atoms with Gasteiger partial charge in [-0.2, -0.15) is 13.2 Å². The second-order valence-electron chi connectivity index (χ2n) is 9.87. The molecule has 0 unspecified atom stereocenters. The molecule has 0 aliphatic heterocycles. The number of hydrogen-bond acceptors (Lipinski definition) is 5. The van der Waals surface area contributed by atoms with Gasteiger partial charge in [0.1, 0.15) is 0 Å². The highest BCUT2D eigenvalue weighted by atomic mass is 32.2. The summed E-state index contributed by atoms with van der Waals surface area (Å²) in [6, 6.07) is 18.8. The minimum atomic E-state index is -4.42. The summed E-state index contributed by atoms with van der Waals surface area (Å²) in [6.07, 6.45) is 4.80. The average Bonchev–Trinajstić information content (AvgIpc) is 2.99. The molecule has 12 heteroatoms. The molecule has 8 nitrogen and oxygen atoms in total. The number of carboxylic acids is 1. The minimum Gasteiger partial charge on any atom is -0.479 e. The van der Waals surface area contributed by atoms with E-state index in [2.05, 4.69) is 16.7 Å². The highest BCUT2D eigenvalue weighted by Gasteiger charge is 2.29. The maximum absolute atomic E-state index is 13.5. The molecule has 3 aromatic rings. The van der Waals surface area contributed by atoms with Crippen LogP contribution in [0.1, 0.15) is 47.2 Å². The van der Waals surface area contributed by atoms with E-state index in [0.29, 0.717) is 16.9 Å². The molecule has 1 aliphatic carbocycles. The molecule has 0 bridgehead atoms. The molecule has 0 spiro atoms. The van der Waals surface area contributed by atoms with Crippen molar-refractivity contribution in [3.8, 4) is 0 Å². The van der Waals surface area contributed by atoms with Gasteiger partial charge in [-0.15, -0.1) is 0 Å². The first-order chi connectivity index (χ1) is 20.5. The Morgan fingerprint density at radius 2 is 1.60 bits per heavy atom. The van der Waals surface area contributed by atoms with Gasteiger partial charge in [-0.05, 0) is 103 Å². The third-order valence-electron chi connectivity index (χ3n) is 6.72. The van der Waals surface area contributed by atoms with Crippen molar-refractivity contribution in [1.82, 2.24) is 5.32 Å². The van der Waals surface area contributed by atoms with E-state index in [4.69, 9.17) is 5.11 Å². The Morgan fingerprint density at radius 1 is 0.930 bits per heavy atom. The number of amides is 3. The standard InChI is InChI=1S/C31H30F3N3O5S/c32-31(33,34)43-26-16-12-24(13-17-26)36-30(42)37(25-14-10-22(11-15-25)21-4-2-1-3-5-21)19-20-6-8-23(9-7-20)28(39)35-18-27(38)29(40)41/h4,6-17,27,38H,1-3,5,18-19H2,(H,35,39)(H,36,42)(H,40,41)/t27-/m1/s1. The number of anilines is 2. The smallest absolute Gasteiger partial charge is 0.446 e. The van der Waals surface area contributed by atoms with E-state index >= 15 is 0 Å². The first kappa shape index (κ1) is 31.6. The van der Waals surface area contributed by atoms with Crippen LogP contribution in [0.2, 0.25) is 0 Å². The molecule has 0 saturated carbocycles. The molecule has 0 radical (unpaired) electrons. The number of nitrogens with one attached hydrogen (secondary N) is 2. The molecular formula is C31H30F3N3O5S. The van der Waals surface area contributed by atoms with Crippen LogP contribution < -0.4 is 15.5 Å². The van der Waals surface area contributed by atoms with E-state index in [9.17, 15) is 32.7 Å². The number of carboxylic acid groups (broad SMARTS) is 1. The van der Waals surface area contributed by atoms with Gasteiger partial charge in [0.05, 0.1) is 13.1 Å². The fourth-order valence-corrected chi connectivity index (χ4v) is 5.03. The molecule has 4 rings (SSSR count). The number of carbonyl (C=O) groups is 3. The molecule has 4 N–H and O–H groups in total. The number of thioether (sulfide) groups is 1. The molecule has 3 aromatic carbocycles. The quantitative estimate of drug-likeness (QED) is 0.190. The molecule has 43 heavy (non-hydrogen) atoms. The number of benzene rings is 3. The maximum atomic E-state index is 13.5. The van der Waals surface area contributed by atoms with E-state index in [0.717, 1.165) is 31.2 Å². The molecule has 226 valence electrons. The van der Waals surface area contributed by atoms with Gasteiger partial charge in [-0.1, -0.05) is 30.3 Å². The first-order valence-electron chi connectivity index (χ1n) is 13.5. The van der Waals surface area contributed by atoms with Gasteiger partial charge in [-0.25, -0.2) is 9.59 Å². The van der Waals surface area contributed by atoms with Gasteiger partial charge in [-0.3, -0.25) is 9.69 Å². The number of urea groups is 1. The summed E-state index contributed by atoms with van der Waals surface area (Å²) in [7, 11) is 0. The number of allylic oxidation sites excluding steroid dienone is 2. The van der Waals surface area contributed by atoms with Crippen molar-refractivity contribution in [2.24, 2.45) is 0 Å². The zero-order valence-electron chi connectivity index (χ0n) is 22.9. The summed E-state index contributed by atoms with van der Waals surface area (Å²) >= 11 is -0.240. The van der Waals surface area contributed by atoms with Crippen molar-refractivity contribution in [2.75, 3.05) is 16.8 Å². The monoisotopic (exact) mass is 613 g/mol. The molecular weight excluding hydrogens is 583 g/mol. The molecule has 0 saturated heterocycles. The largest absolute Gasteiger partial charge is 0.479 e. The van der Waals surface area contributed by atoms with Crippen molar-refractivity contribution in [3.05, 3.63) is 95.6 Å². The van der Waals surface area contributed by atoms with Crippen LogP contribution in [0, 0.1) is 0 Å². The summed E-state index contributed by atoms with van der Waals surface area (Å²) in [5.74, 6) is -2.02. The topological polar surface area (TPSA) is 119 Å². The molecule has 0 heterocycles. The van der Waals surface area contributed by atoms with E-state index < -0.39 is 36.1 Å². The lowest BCUT2D eigenvalue weighted by Gasteiger charge is -2.24. The van der Waals surface area contributed by atoms with Crippen LogP contribution in [0.5, 0.6) is 0 Å². The van der Waals surface area contributed by atoms with Crippen LogP contribution >= 0.6 is 11.8 Å². The number of aliphatic hydroxyl groups excluding tert-OH is 1. The normalized spacial score (nSPS) is 13.9. The highest BCUT2D eigenvalue weighted by molar-refractivity contribution is 8.00. The lowest BCUT2D eigenvalue weighted by molar-refractivity contribution is -0.146. The number of nitrogens with zero attached hydrogens (tertiary/aromatic N) is 1. The van der Waals surface area contributed by atoms with Crippen LogP contribution in [0.25, 0.3) is 5.57 Å². The molecule has 0 fully saturated rings. The lowest BCUT2D eigenvalue weighted by Crippen LogP contribution is -2.36. The first-order valence-corrected chi connectivity index (χ1v) is 14.3. The molecule has 1 atom stereocenters. The third kappa shape index (κ3) is 9.35. The van der Waals surface area contributed by atoms with Crippen LogP contribution in [0.15, 0.2) is 83.8 Å². The van der Waals surface area contributed by atoms with Crippen molar-refractivity contribution in [2.45, 2.75) is 48.7 Å². The predicted molar refractivity (Wildman–Crippen MR) is 159 cm³/mol. The Labute approximate surface area is 250 Å². The Morgan fingerprint density at radius 3 is 2.19 bits per heavy atom. The fourth-order valence-electron chi connectivity index (χ4n) is 4.49. The Balaban J connectivity index is 1.52. The second kappa shape index (κ2) is 14.3. The summed E-state index contributed by atoms with van der Waals surface area (Å²) < 4.78 is 38.1. The Hall–Kier alpha value is -4.29. The van der Waals surface area contributed by atoms with Crippen molar-refractivity contribution in [3.63, 3.8) is 0 Å². The Kier molecular flexibility index (Phi) is 10.5. The zero-order valence-corrected chi connectivity index (χ0v) is 23.8. The summed E-state index contributed by atoms with van der Waals surface area (Å²) in [6.45, 7) is -0.345. The van der Waals surface area contributed by atoms with Crippen molar-refractivity contribution < 1.29 is 37.8 Å². The van der Waals surface area contributed by atoms with Gasteiger partial charge >= 0.3 is 17.5 Å². The average molecular weight is 614 g/mol. The second-order valence-corrected chi connectivity index (χ2v) is 11.0.